The summed E-state index contributed by atoms with van der Waals surface area (Å²) in [5.74, 6) is 1.64. The van der Waals surface area contributed by atoms with Gasteiger partial charge in [-0.3, -0.25) is 14.4 Å². The lowest BCUT2D eigenvalue weighted by molar-refractivity contribution is -0.138. The van der Waals surface area contributed by atoms with Crippen molar-refractivity contribution in [3.05, 3.63) is 23.7 Å². The van der Waals surface area contributed by atoms with Gasteiger partial charge >= 0.3 is 0 Å². The highest BCUT2D eigenvalue weighted by atomic mass is 16.3. The number of furan rings is 1. The van der Waals surface area contributed by atoms with Gasteiger partial charge in [-0.1, -0.05) is 0 Å². The van der Waals surface area contributed by atoms with Gasteiger partial charge in [0.1, 0.15) is 11.5 Å². The first-order valence-electron chi connectivity index (χ1n) is 9.41. The molecule has 1 aromatic heterocycles. The highest BCUT2D eigenvalue weighted by Crippen LogP contribution is 2.19. The minimum atomic E-state index is -0.183. The van der Waals surface area contributed by atoms with Crippen molar-refractivity contribution in [1.29, 1.82) is 0 Å². The molecule has 26 heavy (non-hydrogen) atoms. The maximum absolute atomic E-state index is 12.4. The van der Waals surface area contributed by atoms with Crippen molar-refractivity contribution in [3.8, 4) is 0 Å². The van der Waals surface area contributed by atoms with Gasteiger partial charge in [0.25, 0.3) is 0 Å². The molecule has 0 saturated carbocycles. The van der Waals surface area contributed by atoms with Crippen LogP contribution in [0.4, 0.5) is 0 Å². The molecule has 0 bridgehead atoms. The van der Waals surface area contributed by atoms with Crippen molar-refractivity contribution in [1.82, 2.24) is 15.1 Å². The predicted octanol–water partition coefficient (Wildman–Crippen LogP) is 1.46. The van der Waals surface area contributed by atoms with Gasteiger partial charge in [-0.25, -0.2) is 0 Å². The summed E-state index contributed by atoms with van der Waals surface area (Å²) < 4.78 is 5.46. The van der Waals surface area contributed by atoms with Crippen molar-refractivity contribution in [3.63, 3.8) is 0 Å². The van der Waals surface area contributed by atoms with Gasteiger partial charge in [0.2, 0.25) is 17.7 Å². The van der Waals surface area contributed by atoms with E-state index in [0.29, 0.717) is 45.4 Å². The van der Waals surface area contributed by atoms with Crippen LogP contribution in [0.3, 0.4) is 0 Å². The van der Waals surface area contributed by atoms with Crippen LogP contribution in [-0.2, 0) is 20.9 Å². The fourth-order valence-corrected chi connectivity index (χ4v) is 3.64. The van der Waals surface area contributed by atoms with E-state index in [9.17, 15) is 14.4 Å². The van der Waals surface area contributed by atoms with Gasteiger partial charge in [-0.15, -0.1) is 0 Å². The molecule has 3 heterocycles. The molecular weight excluding hydrogens is 334 g/mol. The fourth-order valence-electron chi connectivity index (χ4n) is 3.64. The van der Waals surface area contributed by atoms with Gasteiger partial charge in [0.15, 0.2) is 0 Å². The highest BCUT2D eigenvalue weighted by molar-refractivity contribution is 5.83. The number of aryl methyl sites for hydroxylation is 1. The SMILES string of the molecule is Cc1ccc(CNC(=O)[C@@H]2CCC(=O)N(CCCN3CCCC3=O)C2)o1. The molecule has 1 N–H and O–H groups in total. The maximum atomic E-state index is 12.4. The van der Waals surface area contributed by atoms with E-state index in [0.717, 1.165) is 30.9 Å². The molecule has 3 amide bonds. The van der Waals surface area contributed by atoms with E-state index in [-0.39, 0.29) is 23.6 Å². The number of rotatable bonds is 7. The molecule has 2 fully saturated rings. The third-order valence-electron chi connectivity index (χ3n) is 5.13. The largest absolute Gasteiger partial charge is 0.465 e. The number of nitrogens with zero attached hydrogens (tertiary/aromatic N) is 2. The number of nitrogens with one attached hydrogen (secondary N) is 1. The highest BCUT2D eigenvalue weighted by Gasteiger charge is 2.30. The monoisotopic (exact) mass is 361 g/mol. The van der Waals surface area contributed by atoms with Gasteiger partial charge in [-0.05, 0) is 38.3 Å². The van der Waals surface area contributed by atoms with Crippen LogP contribution in [0.25, 0.3) is 0 Å². The third kappa shape index (κ3) is 4.65. The lowest BCUT2D eigenvalue weighted by Crippen LogP contribution is -2.46. The quantitative estimate of drug-likeness (QED) is 0.797. The summed E-state index contributed by atoms with van der Waals surface area (Å²) in [6, 6.07) is 3.72. The smallest absolute Gasteiger partial charge is 0.225 e. The van der Waals surface area contributed by atoms with Crippen molar-refractivity contribution in [2.75, 3.05) is 26.2 Å². The summed E-state index contributed by atoms with van der Waals surface area (Å²) in [5.41, 5.74) is 0. The minimum absolute atomic E-state index is 0.0359. The Morgan fingerprint density at radius 2 is 1.96 bits per heavy atom. The Morgan fingerprint density at radius 3 is 2.65 bits per heavy atom. The van der Waals surface area contributed by atoms with Crippen LogP contribution in [-0.4, -0.2) is 53.7 Å². The number of hydrogen-bond acceptors (Lipinski definition) is 4. The lowest BCUT2D eigenvalue weighted by Gasteiger charge is -2.32. The second-order valence-electron chi connectivity index (χ2n) is 7.14. The molecule has 3 rings (SSSR count). The van der Waals surface area contributed by atoms with E-state index < -0.39 is 0 Å². The third-order valence-corrected chi connectivity index (χ3v) is 5.13. The van der Waals surface area contributed by atoms with E-state index in [2.05, 4.69) is 5.32 Å². The molecule has 0 aromatic carbocycles. The molecule has 2 aliphatic heterocycles. The Morgan fingerprint density at radius 1 is 1.19 bits per heavy atom. The molecule has 1 aromatic rings. The van der Waals surface area contributed by atoms with E-state index in [1.54, 1.807) is 4.90 Å². The summed E-state index contributed by atoms with van der Waals surface area (Å²) >= 11 is 0. The Labute approximate surface area is 153 Å². The topological polar surface area (TPSA) is 82.9 Å². The van der Waals surface area contributed by atoms with Crippen LogP contribution in [0, 0.1) is 12.8 Å². The molecule has 0 spiro atoms. The first kappa shape index (κ1) is 18.5. The lowest BCUT2D eigenvalue weighted by atomic mass is 9.96. The van der Waals surface area contributed by atoms with Gasteiger partial charge in [-0.2, -0.15) is 0 Å². The van der Waals surface area contributed by atoms with E-state index >= 15 is 0 Å². The first-order chi connectivity index (χ1) is 12.5. The number of amides is 3. The van der Waals surface area contributed by atoms with Gasteiger partial charge in [0, 0.05) is 39.0 Å². The van der Waals surface area contributed by atoms with Crippen LogP contribution in [0.15, 0.2) is 16.5 Å². The van der Waals surface area contributed by atoms with Crippen molar-refractivity contribution in [2.24, 2.45) is 5.92 Å². The average molecular weight is 361 g/mol. The maximum Gasteiger partial charge on any atom is 0.225 e. The molecule has 2 saturated heterocycles. The number of carbonyl (C=O) groups excluding carboxylic acids is 3. The van der Waals surface area contributed by atoms with Crippen LogP contribution in [0.2, 0.25) is 0 Å². The Hall–Kier alpha value is -2.31. The normalized spacial score (nSPS) is 20.7. The van der Waals surface area contributed by atoms with E-state index in [1.807, 2.05) is 24.0 Å². The molecule has 0 radical (unpaired) electrons. The van der Waals surface area contributed by atoms with E-state index in [4.69, 9.17) is 4.42 Å². The summed E-state index contributed by atoms with van der Waals surface area (Å²) in [6.07, 6.45) is 3.32. The van der Waals surface area contributed by atoms with Crippen molar-refractivity contribution < 1.29 is 18.8 Å². The summed E-state index contributed by atoms with van der Waals surface area (Å²) in [7, 11) is 0. The van der Waals surface area contributed by atoms with Crippen molar-refractivity contribution in [2.45, 2.75) is 45.6 Å². The number of piperidine rings is 1. The molecule has 7 heteroatoms. The molecule has 7 nitrogen and oxygen atoms in total. The van der Waals surface area contributed by atoms with Gasteiger partial charge in [0.05, 0.1) is 12.5 Å². The summed E-state index contributed by atoms with van der Waals surface area (Å²) in [6.45, 7) is 4.81. The zero-order valence-electron chi connectivity index (χ0n) is 15.3. The van der Waals surface area contributed by atoms with Crippen LogP contribution < -0.4 is 5.32 Å². The fraction of sp³-hybridized carbons (Fsp3) is 0.632. The zero-order valence-corrected chi connectivity index (χ0v) is 15.3. The number of carbonyl (C=O) groups is 3. The molecule has 142 valence electrons. The average Bonchev–Trinajstić information content (AvgIpc) is 3.22. The predicted molar refractivity (Wildman–Crippen MR) is 95.0 cm³/mol. The standard InChI is InChI=1S/C19H27N3O4/c1-14-5-7-16(26-14)12-20-19(25)15-6-8-18(24)22(13-15)11-3-10-21-9-2-4-17(21)23/h5,7,15H,2-4,6,8-13H2,1H3,(H,20,25)/t15-/m1/s1. The van der Waals surface area contributed by atoms with Crippen LogP contribution >= 0.6 is 0 Å². The Balaban J connectivity index is 1.43. The zero-order chi connectivity index (χ0) is 18.5. The number of likely N-dealkylation sites (tertiary alicyclic amines) is 2. The summed E-state index contributed by atoms with van der Waals surface area (Å²) in [5, 5.41) is 2.90. The van der Waals surface area contributed by atoms with E-state index in [1.165, 1.54) is 0 Å². The number of hydrogen-bond donors (Lipinski definition) is 1. The second kappa shape index (κ2) is 8.38. The second-order valence-corrected chi connectivity index (χ2v) is 7.14. The van der Waals surface area contributed by atoms with Crippen molar-refractivity contribution >= 4 is 17.7 Å². The summed E-state index contributed by atoms with van der Waals surface area (Å²) in [4.78, 5) is 39.8. The molecule has 2 aliphatic rings. The van der Waals surface area contributed by atoms with Gasteiger partial charge < -0.3 is 19.5 Å². The first-order valence-corrected chi connectivity index (χ1v) is 9.41. The Kier molecular flexibility index (Phi) is 5.96. The molecule has 0 unspecified atom stereocenters. The minimum Gasteiger partial charge on any atom is -0.465 e. The molecule has 1 atom stereocenters. The molecule has 0 aliphatic carbocycles. The molecular formula is C19H27N3O4. The van der Waals surface area contributed by atoms with Crippen LogP contribution in [0.5, 0.6) is 0 Å². The van der Waals surface area contributed by atoms with Crippen LogP contribution in [0.1, 0.15) is 43.6 Å². The Bertz CT molecular complexity index is 669.